The number of ether oxygens (including phenoxy) is 1. The van der Waals surface area contributed by atoms with Crippen LogP contribution in [-0.4, -0.2) is 45.9 Å². The Morgan fingerprint density at radius 2 is 1.94 bits per heavy atom. The molecule has 0 bridgehead atoms. The summed E-state index contributed by atoms with van der Waals surface area (Å²) in [5.41, 5.74) is 3.07. The van der Waals surface area contributed by atoms with Crippen LogP contribution in [0.4, 0.5) is 4.39 Å². The molecule has 1 aromatic carbocycles. The zero-order chi connectivity index (χ0) is 22.7. The molecule has 7 heteroatoms. The van der Waals surface area contributed by atoms with Crippen LogP contribution in [0.5, 0.6) is 0 Å². The van der Waals surface area contributed by atoms with Gasteiger partial charge in [-0.3, -0.25) is 9.59 Å². The van der Waals surface area contributed by atoms with Crippen molar-refractivity contribution in [2.75, 3.05) is 19.7 Å². The normalized spacial score (nSPS) is 15.7. The topological polar surface area (TPSA) is 63.9 Å². The predicted octanol–water partition coefficient (Wildman–Crippen LogP) is 4.11. The maximum Gasteiger partial charge on any atom is 0.309 e. The average molecular weight is 438 g/mol. The number of imidazole rings is 1. The first kappa shape index (κ1) is 22.0. The van der Waals surface area contributed by atoms with Gasteiger partial charge in [-0.2, -0.15) is 0 Å². The lowest BCUT2D eigenvalue weighted by molar-refractivity contribution is -0.151. The number of esters is 1. The van der Waals surface area contributed by atoms with Crippen molar-refractivity contribution < 1.29 is 18.7 Å². The fourth-order valence-electron chi connectivity index (χ4n) is 4.49. The van der Waals surface area contributed by atoms with Gasteiger partial charge in [-0.15, -0.1) is 0 Å². The number of halogens is 1. The summed E-state index contributed by atoms with van der Waals surface area (Å²) in [4.78, 5) is 31.6. The van der Waals surface area contributed by atoms with Gasteiger partial charge < -0.3 is 14.0 Å². The molecule has 1 saturated heterocycles. The number of hydrogen-bond acceptors (Lipinski definition) is 4. The number of likely N-dealkylation sites (tertiary alicyclic amines) is 1. The molecule has 6 nitrogen and oxygen atoms in total. The third kappa shape index (κ3) is 4.38. The summed E-state index contributed by atoms with van der Waals surface area (Å²) < 4.78 is 21.9. The van der Waals surface area contributed by atoms with Gasteiger partial charge in [0.05, 0.1) is 18.2 Å². The molecule has 3 aromatic rings. The van der Waals surface area contributed by atoms with Crippen LogP contribution >= 0.6 is 0 Å². The molecule has 2 aromatic heterocycles. The Bertz CT molecular complexity index is 1120. The number of piperidine rings is 1. The minimum atomic E-state index is -0.469. The van der Waals surface area contributed by atoms with Crippen molar-refractivity contribution in [1.29, 1.82) is 0 Å². The molecule has 1 unspecified atom stereocenters. The zero-order valence-electron chi connectivity index (χ0n) is 18.5. The standard InChI is InChI=1S/C25H28FN3O3/c1-3-32-25(31)18-10-13-28(14-11-18)23(30)15-20(19-8-4-5-9-21(19)26)22-16-27-24-17(2)7-6-12-29(22)24/h4-9,12,16,18,20H,3,10-11,13-15H2,1-2H3. The Labute approximate surface area is 187 Å². The first-order valence-corrected chi connectivity index (χ1v) is 11.1. The van der Waals surface area contributed by atoms with E-state index in [2.05, 4.69) is 4.98 Å². The van der Waals surface area contributed by atoms with E-state index in [4.69, 9.17) is 4.74 Å². The summed E-state index contributed by atoms with van der Waals surface area (Å²) >= 11 is 0. The van der Waals surface area contributed by atoms with Crippen LogP contribution in [0.1, 0.15) is 48.9 Å². The maximum atomic E-state index is 14.8. The molecule has 0 radical (unpaired) electrons. The number of pyridine rings is 1. The van der Waals surface area contributed by atoms with Crippen LogP contribution in [0.2, 0.25) is 0 Å². The Morgan fingerprint density at radius 3 is 2.66 bits per heavy atom. The molecular formula is C25H28FN3O3. The average Bonchev–Trinajstić information content (AvgIpc) is 3.23. The Hall–Kier alpha value is -3.22. The van der Waals surface area contributed by atoms with Crippen LogP contribution < -0.4 is 0 Å². The van der Waals surface area contributed by atoms with Gasteiger partial charge in [-0.1, -0.05) is 24.3 Å². The van der Waals surface area contributed by atoms with Crippen LogP contribution in [0.15, 0.2) is 48.8 Å². The lowest BCUT2D eigenvalue weighted by atomic mass is 9.90. The minimum absolute atomic E-state index is 0.0526. The molecule has 1 fully saturated rings. The van der Waals surface area contributed by atoms with Crippen LogP contribution in [-0.2, 0) is 14.3 Å². The van der Waals surface area contributed by atoms with Crippen molar-refractivity contribution in [1.82, 2.24) is 14.3 Å². The fraction of sp³-hybridized carbons (Fsp3) is 0.400. The highest BCUT2D eigenvalue weighted by Crippen LogP contribution is 2.32. The number of hydrogen-bond donors (Lipinski definition) is 0. The van der Waals surface area contributed by atoms with Crippen LogP contribution in [0, 0.1) is 18.7 Å². The Balaban J connectivity index is 1.58. The number of nitrogens with zero attached hydrogens (tertiary/aromatic N) is 3. The van der Waals surface area contributed by atoms with Crippen molar-refractivity contribution >= 4 is 17.5 Å². The first-order valence-electron chi connectivity index (χ1n) is 11.1. The summed E-state index contributed by atoms with van der Waals surface area (Å²) in [5, 5.41) is 0. The molecule has 0 N–H and O–H groups in total. The number of aryl methyl sites for hydroxylation is 1. The van der Waals surface area contributed by atoms with E-state index in [0.717, 1.165) is 16.9 Å². The number of amides is 1. The number of aromatic nitrogens is 2. The fourth-order valence-corrected chi connectivity index (χ4v) is 4.49. The van der Waals surface area contributed by atoms with E-state index in [0.29, 0.717) is 38.1 Å². The van der Waals surface area contributed by atoms with E-state index >= 15 is 0 Å². The van der Waals surface area contributed by atoms with E-state index < -0.39 is 5.92 Å². The van der Waals surface area contributed by atoms with Gasteiger partial charge in [-0.05, 0) is 49.9 Å². The molecule has 1 amide bonds. The number of carbonyl (C=O) groups excluding carboxylic acids is 2. The molecule has 168 valence electrons. The van der Waals surface area contributed by atoms with Crippen molar-refractivity contribution in [3.63, 3.8) is 0 Å². The first-order chi connectivity index (χ1) is 15.5. The molecule has 0 saturated carbocycles. The van der Waals surface area contributed by atoms with Crippen molar-refractivity contribution in [3.8, 4) is 0 Å². The second-order valence-corrected chi connectivity index (χ2v) is 8.25. The number of rotatable bonds is 6. The van der Waals surface area contributed by atoms with Crippen LogP contribution in [0.25, 0.3) is 5.65 Å². The molecular weight excluding hydrogens is 409 g/mol. The monoisotopic (exact) mass is 437 g/mol. The van der Waals surface area contributed by atoms with Gasteiger partial charge in [0.2, 0.25) is 5.91 Å². The summed E-state index contributed by atoms with van der Waals surface area (Å²) in [5.74, 6) is -1.21. The zero-order valence-corrected chi connectivity index (χ0v) is 18.5. The number of carbonyl (C=O) groups is 2. The third-order valence-electron chi connectivity index (χ3n) is 6.24. The summed E-state index contributed by atoms with van der Waals surface area (Å²) in [7, 11) is 0. The number of fused-ring (bicyclic) bond motifs is 1. The van der Waals surface area contributed by atoms with Gasteiger partial charge in [-0.25, -0.2) is 9.37 Å². The van der Waals surface area contributed by atoms with Crippen molar-refractivity contribution in [2.45, 2.75) is 39.0 Å². The molecule has 4 rings (SSSR count). The molecule has 3 heterocycles. The Morgan fingerprint density at radius 1 is 1.19 bits per heavy atom. The lowest BCUT2D eigenvalue weighted by Crippen LogP contribution is -2.41. The number of benzene rings is 1. The second-order valence-electron chi connectivity index (χ2n) is 8.25. The summed E-state index contributed by atoms with van der Waals surface area (Å²) in [6, 6.07) is 10.5. The molecule has 0 aliphatic carbocycles. The van der Waals surface area contributed by atoms with E-state index in [9.17, 15) is 14.0 Å². The molecule has 1 atom stereocenters. The van der Waals surface area contributed by atoms with Gasteiger partial charge in [0.15, 0.2) is 0 Å². The highest BCUT2D eigenvalue weighted by molar-refractivity contribution is 5.79. The SMILES string of the molecule is CCOC(=O)C1CCN(C(=O)CC(c2ccccc2F)c2cnc3c(C)cccn23)CC1. The lowest BCUT2D eigenvalue weighted by Gasteiger charge is -2.32. The summed E-state index contributed by atoms with van der Waals surface area (Å²) in [6.45, 7) is 5.13. The largest absolute Gasteiger partial charge is 0.466 e. The smallest absolute Gasteiger partial charge is 0.309 e. The maximum absolute atomic E-state index is 14.8. The van der Waals surface area contributed by atoms with Crippen molar-refractivity contribution in [2.24, 2.45) is 5.92 Å². The van der Waals surface area contributed by atoms with Crippen LogP contribution in [0.3, 0.4) is 0 Å². The van der Waals surface area contributed by atoms with Gasteiger partial charge >= 0.3 is 5.97 Å². The van der Waals surface area contributed by atoms with Gasteiger partial charge in [0.25, 0.3) is 0 Å². The Kier molecular flexibility index (Phi) is 6.53. The van der Waals surface area contributed by atoms with E-state index in [1.165, 1.54) is 6.07 Å². The molecule has 1 aliphatic heterocycles. The van der Waals surface area contributed by atoms with E-state index in [-0.39, 0.29) is 30.0 Å². The third-order valence-corrected chi connectivity index (χ3v) is 6.24. The van der Waals surface area contributed by atoms with E-state index in [1.54, 1.807) is 36.2 Å². The highest BCUT2D eigenvalue weighted by Gasteiger charge is 2.31. The summed E-state index contributed by atoms with van der Waals surface area (Å²) in [6.07, 6.45) is 4.94. The molecule has 1 aliphatic rings. The van der Waals surface area contributed by atoms with Crippen molar-refractivity contribution in [3.05, 3.63) is 71.4 Å². The second kappa shape index (κ2) is 9.51. The van der Waals surface area contributed by atoms with Gasteiger partial charge in [0, 0.05) is 37.8 Å². The van der Waals surface area contributed by atoms with E-state index in [1.807, 2.05) is 29.7 Å². The predicted molar refractivity (Wildman–Crippen MR) is 119 cm³/mol. The minimum Gasteiger partial charge on any atom is -0.466 e. The van der Waals surface area contributed by atoms with Gasteiger partial charge in [0.1, 0.15) is 11.5 Å². The molecule has 0 spiro atoms. The highest BCUT2D eigenvalue weighted by atomic mass is 19.1. The molecule has 32 heavy (non-hydrogen) atoms. The quantitative estimate of drug-likeness (QED) is 0.545.